The quantitative estimate of drug-likeness (QED) is 0.821. The average molecular weight is 390 g/mol. The lowest BCUT2D eigenvalue weighted by Gasteiger charge is -2.12. The number of hydrogen-bond donors (Lipinski definition) is 1. The number of hydrogen-bond acceptors (Lipinski definition) is 3. The average Bonchev–Trinajstić information content (AvgIpc) is 2.49. The zero-order valence-corrected chi connectivity index (χ0v) is 13.4. The number of alkyl halides is 2. The molecule has 8 heteroatoms. The molecule has 0 aliphatic carbocycles. The highest BCUT2D eigenvalue weighted by Crippen LogP contribution is 2.32. The van der Waals surface area contributed by atoms with Crippen molar-refractivity contribution in [3.63, 3.8) is 0 Å². The first-order valence-electron chi connectivity index (χ1n) is 6.30. The lowest BCUT2D eigenvalue weighted by Crippen LogP contribution is -2.13. The molecule has 4 nitrogen and oxygen atoms in total. The molecule has 23 heavy (non-hydrogen) atoms. The van der Waals surface area contributed by atoms with E-state index in [-0.39, 0.29) is 22.7 Å². The van der Waals surface area contributed by atoms with E-state index in [1.165, 1.54) is 37.4 Å². The monoisotopic (exact) mass is 389 g/mol. The van der Waals surface area contributed by atoms with Crippen LogP contribution in [0.5, 0.6) is 11.5 Å². The SMILES string of the molecule is COc1ccc(NC(=O)c2cc(F)ccc2Br)cc1OC(F)F. The molecule has 0 atom stereocenters. The van der Waals surface area contributed by atoms with Crippen molar-refractivity contribution in [1.82, 2.24) is 0 Å². The second-order valence-corrected chi connectivity index (χ2v) is 5.18. The summed E-state index contributed by atoms with van der Waals surface area (Å²) in [4.78, 5) is 12.1. The fourth-order valence-corrected chi connectivity index (χ4v) is 2.24. The molecule has 0 aliphatic heterocycles. The van der Waals surface area contributed by atoms with Crippen LogP contribution < -0.4 is 14.8 Å². The number of benzene rings is 2. The van der Waals surface area contributed by atoms with Crippen LogP contribution in [0, 0.1) is 5.82 Å². The highest BCUT2D eigenvalue weighted by atomic mass is 79.9. The van der Waals surface area contributed by atoms with Gasteiger partial charge in [0.15, 0.2) is 11.5 Å². The van der Waals surface area contributed by atoms with Gasteiger partial charge in [0.25, 0.3) is 5.91 Å². The van der Waals surface area contributed by atoms with E-state index < -0.39 is 18.3 Å². The predicted molar refractivity (Wildman–Crippen MR) is 81.7 cm³/mol. The zero-order valence-electron chi connectivity index (χ0n) is 11.8. The number of carbonyl (C=O) groups excluding carboxylic acids is 1. The lowest BCUT2D eigenvalue weighted by molar-refractivity contribution is -0.0511. The third-order valence-corrected chi connectivity index (χ3v) is 3.50. The van der Waals surface area contributed by atoms with E-state index in [0.29, 0.717) is 4.47 Å². The zero-order chi connectivity index (χ0) is 17.0. The predicted octanol–water partition coefficient (Wildman–Crippen LogP) is 4.45. The van der Waals surface area contributed by atoms with Gasteiger partial charge in [-0.25, -0.2) is 4.39 Å². The van der Waals surface area contributed by atoms with E-state index in [9.17, 15) is 18.0 Å². The first-order valence-corrected chi connectivity index (χ1v) is 7.09. The van der Waals surface area contributed by atoms with E-state index in [1.807, 2.05) is 0 Å². The summed E-state index contributed by atoms with van der Waals surface area (Å²) in [7, 11) is 1.30. The molecule has 122 valence electrons. The number of ether oxygens (including phenoxy) is 2. The minimum absolute atomic E-state index is 0.0668. The minimum Gasteiger partial charge on any atom is -0.493 e. The van der Waals surface area contributed by atoms with Crippen LogP contribution in [0.3, 0.4) is 0 Å². The maximum atomic E-state index is 13.2. The number of amides is 1. The Balaban J connectivity index is 2.25. The van der Waals surface area contributed by atoms with Crippen LogP contribution in [-0.2, 0) is 0 Å². The molecule has 2 aromatic rings. The molecule has 0 heterocycles. The molecular formula is C15H11BrF3NO3. The van der Waals surface area contributed by atoms with Crippen LogP contribution in [0.1, 0.15) is 10.4 Å². The second-order valence-electron chi connectivity index (χ2n) is 4.32. The van der Waals surface area contributed by atoms with Gasteiger partial charge in [0.05, 0.1) is 12.7 Å². The molecule has 0 fully saturated rings. The fourth-order valence-electron chi connectivity index (χ4n) is 1.81. The number of halogens is 4. The normalized spacial score (nSPS) is 10.5. The molecule has 2 rings (SSSR count). The summed E-state index contributed by atoms with van der Waals surface area (Å²) in [5.41, 5.74) is 0.264. The van der Waals surface area contributed by atoms with Gasteiger partial charge < -0.3 is 14.8 Å². The van der Waals surface area contributed by atoms with Crippen LogP contribution in [-0.4, -0.2) is 19.6 Å². The topological polar surface area (TPSA) is 47.6 Å². The molecule has 1 N–H and O–H groups in total. The van der Waals surface area contributed by atoms with E-state index >= 15 is 0 Å². The summed E-state index contributed by atoms with van der Waals surface area (Å²) in [6, 6.07) is 7.65. The number of nitrogens with one attached hydrogen (secondary N) is 1. The highest BCUT2D eigenvalue weighted by Gasteiger charge is 2.15. The van der Waals surface area contributed by atoms with E-state index in [0.717, 1.165) is 6.07 Å². The largest absolute Gasteiger partial charge is 0.493 e. The Morgan fingerprint density at radius 3 is 2.57 bits per heavy atom. The van der Waals surface area contributed by atoms with Gasteiger partial charge >= 0.3 is 6.61 Å². The number of carbonyl (C=O) groups is 1. The van der Waals surface area contributed by atoms with Crippen LogP contribution in [0.2, 0.25) is 0 Å². The van der Waals surface area contributed by atoms with Gasteiger partial charge in [0.1, 0.15) is 5.82 Å². The summed E-state index contributed by atoms with van der Waals surface area (Å²) in [6.07, 6.45) is 0. The van der Waals surface area contributed by atoms with E-state index in [4.69, 9.17) is 4.74 Å². The summed E-state index contributed by atoms with van der Waals surface area (Å²) in [5, 5.41) is 2.48. The molecule has 1 amide bonds. The second kappa shape index (κ2) is 7.36. The smallest absolute Gasteiger partial charge is 0.387 e. The van der Waals surface area contributed by atoms with Crippen molar-refractivity contribution in [1.29, 1.82) is 0 Å². The first kappa shape index (κ1) is 17.1. The van der Waals surface area contributed by atoms with Crippen molar-refractivity contribution >= 4 is 27.5 Å². The Labute approximate surface area is 138 Å². The van der Waals surface area contributed by atoms with Gasteiger partial charge in [-0.3, -0.25) is 4.79 Å². The van der Waals surface area contributed by atoms with Crippen LogP contribution in [0.25, 0.3) is 0 Å². The fraction of sp³-hybridized carbons (Fsp3) is 0.133. The van der Waals surface area contributed by atoms with Crippen molar-refractivity contribution in [2.75, 3.05) is 12.4 Å². The molecule has 0 aromatic heterocycles. The number of anilines is 1. The molecule has 0 saturated heterocycles. The van der Waals surface area contributed by atoms with Crippen LogP contribution in [0.4, 0.5) is 18.9 Å². The van der Waals surface area contributed by atoms with E-state index in [1.54, 1.807) is 0 Å². The van der Waals surface area contributed by atoms with Crippen molar-refractivity contribution in [2.45, 2.75) is 6.61 Å². The Hall–Kier alpha value is -2.22. The lowest BCUT2D eigenvalue weighted by atomic mass is 10.2. The molecular weight excluding hydrogens is 379 g/mol. The van der Waals surface area contributed by atoms with Crippen molar-refractivity contribution < 1.29 is 27.4 Å². The van der Waals surface area contributed by atoms with Gasteiger partial charge in [-0.2, -0.15) is 8.78 Å². The maximum Gasteiger partial charge on any atom is 0.387 e. The Bertz CT molecular complexity index is 725. The van der Waals surface area contributed by atoms with Gasteiger partial charge in [-0.1, -0.05) is 0 Å². The molecule has 0 spiro atoms. The van der Waals surface area contributed by atoms with Crippen molar-refractivity contribution in [3.05, 3.63) is 52.3 Å². The summed E-state index contributed by atoms with van der Waals surface area (Å²) >= 11 is 3.14. The summed E-state index contributed by atoms with van der Waals surface area (Å²) in [6.45, 7) is -3.03. The molecule has 0 aliphatic rings. The summed E-state index contributed by atoms with van der Waals surface area (Å²) < 4.78 is 47.6. The van der Waals surface area contributed by atoms with Gasteiger partial charge in [0, 0.05) is 16.2 Å². The van der Waals surface area contributed by atoms with Gasteiger partial charge in [0.2, 0.25) is 0 Å². The number of methoxy groups -OCH3 is 1. The third kappa shape index (κ3) is 4.38. The molecule has 0 saturated carbocycles. The Morgan fingerprint density at radius 2 is 1.91 bits per heavy atom. The number of rotatable bonds is 5. The van der Waals surface area contributed by atoms with Crippen molar-refractivity contribution in [3.8, 4) is 11.5 Å². The third-order valence-electron chi connectivity index (χ3n) is 2.81. The first-order chi connectivity index (χ1) is 10.9. The highest BCUT2D eigenvalue weighted by molar-refractivity contribution is 9.10. The maximum absolute atomic E-state index is 13.2. The molecule has 0 unspecified atom stereocenters. The molecule has 0 radical (unpaired) electrons. The van der Waals surface area contributed by atoms with Crippen LogP contribution >= 0.6 is 15.9 Å². The standard InChI is InChI=1S/C15H11BrF3NO3/c1-22-12-5-3-9(7-13(12)23-15(18)19)20-14(21)10-6-8(17)2-4-11(10)16/h2-7,15H,1H3,(H,20,21). The van der Waals surface area contributed by atoms with Crippen LogP contribution in [0.15, 0.2) is 40.9 Å². The van der Waals surface area contributed by atoms with E-state index in [2.05, 4.69) is 26.0 Å². The van der Waals surface area contributed by atoms with Gasteiger partial charge in [-0.05, 0) is 46.3 Å². The van der Waals surface area contributed by atoms with Crippen molar-refractivity contribution in [2.24, 2.45) is 0 Å². The Kier molecular flexibility index (Phi) is 5.49. The summed E-state index contributed by atoms with van der Waals surface area (Å²) in [5.74, 6) is -1.31. The molecule has 0 bridgehead atoms. The Morgan fingerprint density at radius 1 is 1.17 bits per heavy atom. The minimum atomic E-state index is -3.03. The molecule has 2 aromatic carbocycles. The van der Waals surface area contributed by atoms with Gasteiger partial charge in [-0.15, -0.1) is 0 Å².